The van der Waals surface area contributed by atoms with Crippen LogP contribution in [-0.4, -0.2) is 41.6 Å². The summed E-state index contributed by atoms with van der Waals surface area (Å²) in [4.78, 5) is 25.5. The Balaban J connectivity index is 2.02. The van der Waals surface area contributed by atoms with Crippen molar-refractivity contribution in [3.63, 3.8) is 0 Å². The highest BCUT2D eigenvalue weighted by atomic mass is 16.3. The Morgan fingerprint density at radius 3 is 2.19 bits per heavy atom. The summed E-state index contributed by atoms with van der Waals surface area (Å²) in [6, 6.07) is 13.9. The van der Waals surface area contributed by atoms with Crippen molar-refractivity contribution in [2.45, 2.75) is 50.9 Å². The topological polar surface area (TPSA) is 156 Å². The highest BCUT2D eigenvalue weighted by molar-refractivity contribution is 5.89. The number of aliphatic hydroxyl groups excluding tert-OH is 1. The summed E-state index contributed by atoms with van der Waals surface area (Å²) < 4.78 is 0. The summed E-state index contributed by atoms with van der Waals surface area (Å²) in [6.45, 7) is 3.99. The van der Waals surface area contributed by atoms with Crippen LogP contribution in [0.2, 0.25) is 0 Å². The molecule has 8 heteroatoms. The van der Waals surface area contributed by atoms with Gasteiger partial charge in [-0.15, -0.1) is 0 Å². The fourth-order valence-corrected chi connectivity index (χ4v) is 3.35. The maximum atomic E-state index is 12.9. The van der Waals surface area contributed by atoms with Gasteiger partial charge in [-0.05, 0) is 35.6 Å². The van der Waals surface area contributed by atoms with Crippen LogP contribution in [0.15, 0.2) is 54.6 Å². The Labute approximate surface area is 189 Å². The normalized spacial score (nSPS) is 14.9. The minimum atomic E-state index is -0.975. The quantitative estimate of drug-likeness (QED) is 0.284. The average molecular weight is 442 g/mol. The maximum absolute atomic E-state index is 12.9. The molecule has 2 rings (SSSR count). The van der Waals surface area contributed by atoms with Crippen molar-refractivity contribution in [1.82, 2.24) is 10.6 Å². The molecule has 32 heavy (non-hydrogen) atoms. The van der Waals surface area contributed by atoms with Gasteiger partial charge in [0.2, 0.25) is 11.8 Å². The minimum absolute atomic E-state index is 0.0313. The van der Waals surface area contributed by atoms with Crippen LogP contribution in [-0.2, 0) is 16.0 Å². The number of hydrogen-bond donors (Lipinski definition) is 6. The Hall–Kier alpha value is -2.94. The van der Waals surface area contributed by atoms with Crippen LogP contribution in [0.3, 0.4) is 0 Å². The molecular formula is C24H35N5O3. The molecule has 9 N–H and O–H groups in total. The van der Waals surface area contributed by atoms with Gasteiger partial charge in [0.05, 0.1) is 18.2 Å². The molecule has 0 bridgehead atoms. The minimum Gasteiger partial charge on any atom is -0.399 e. The molecule has 0 aliphatic heterocycles. The van der Waals surface area contributed by atoms with Crippen LogP contribution in [0.5, 0.6) is 0 Å². The van der Waals surface area contributed by atoms with Crippen LogP contribution >= 0.6 is 0 Å². The van der Waals surface area contributed by atoms with E-state index in [0.29, 0.717) is 24.1 Å². The van der Waals surface area contributed by atoms with Crippen molar-refractivity contribution in [2.24, 2.45) is 17.4 Å². The number of aliphatic hydroxyl groups is 1. The third-order valence-corrected chi connectivity index (χ3v) is 5.17. The molecule has 0 saturated carbocycles. The number of rotatable bonds is 11. The van der Waals surface area contributed by atoms with Crippen molar-refractivity contribution in [2.75, 3.05) is 12.3 Å². The van der Waals surface area contributed by atoms with Crippen molar-refractivity contribution >= 4 is 17.5 Å². The van der Waals surface area contributed by atoms with Crippen LogP contribution in [0, 0.1) is 5.92 Å². The van der Waals surface area contributed by atoms with E-state index in [1.807, 2.05) is 44.2 Å². The largest absolute Gasteiger partial charge is 0.399 e. The number of carbonyl (C=O) groups is 2. The molecule has 2 aromatic carbocycles. The molecule has 0 spiro atoms. The lowest BCUT2D eigenvalue weighted by molar-refractivity contribution is -0.129. The number of nitrogens with one attached hydrogen (secondary N) is 2. The zero-order chi connectivity index (χ0) is 23.7. The summed E-state index contributed by atoms with van der Waals surface area (Å²) in [5, 5.41) is 16.0. The highest BCUT2D eigenvalue weighted by Crippen LogP contribution is 2.17. The molecule has 0 aliphatic rings. The standard InChI is InChI=1S/C24H35N5O3/c1-15(2)12-19(26)23(31)29-21(13-16-6-4-3-5-7-16)24(32)28-14-20(27)22(30)17-8-10-18(25)11-9-17/h3-11,15,19-22,30H,12-14,25-27H2,1-2H3,(H,28,32)(H,29,31)/t19-,20-,21+,22-/m0/s1. The molecule has 0 fully saturated rings. The van der Waals surface area contributed by atoms with Crippen molar-refractivity contribution in [1.29, 1.82) is 0 Å². The first-order chi connectivity index (χ1) is 15.2. The summed E-state index contributed by atoms with van der Waals surface area (Å²) in [5.74, 6) is -0.509. The van der Waals surface area contributed by atoms with E-state index in [1.165, 1.54) is 0 Å². The lowest BCUT2D eigenvalue weighted by Crippen LogP contribution is -2.54. The van der Waals surface area contributed by atoms with Gasteiger partial charge in [0.25, 0.3) is 0 Å². The Kier molecular flexibility index (Phi) is 9.64. The third-order valence-electron chi connectivity index (χ3n) is 5.17. The molecule has 8 nitrogen and oxygen atoms in total. The van der Waals surface area contributed by atoms with E-state index in [2.05, 4.69) is 10.6 Å². The van der Waals surface area contributed by atoms with Crippen LogP contribution < -0.4 is 27.8 Å². The molecule has 0 aromatic heterocycles. The van der Waals surface area contributed by atoms with Crippen LogP contribution in [0.1, 0.15) is 37.5 Å². The highest BCUT2D eigenvalue weighted by Gasteiger charge is 2.26. The number of anilines is 1. The first kappa shape index (κ1) is 25.3. The molecule has 0 saturated heterocycles. The van der Waals surface area contributed by atoms with Gasteiger partial charge >= 0.3 is 0 Å². The van der Waals surface area contributed by atoms with Gasteiger partial charge in [-0.25, -0.2) is 0 Å². The van der Waals surface area contributed by atoms with Gasteiger partial charge in [0.15, 0.2) is 0 Å². The monoisotopic (exact) mass is 441 g/mol. The number of benzene rings is 2. The summed E-state index contributed by atoms with van der Waals surface area (Å²) in [6.07, 6.45) is -0.148. The first-order valence-electron chi connectivity index (χ1n) is 10.8. The second-order valence-corrected chi connectivity index (χ2v) is 8.51. The Morgan fingerprint density at radius 1 is 0.969 bits per heavy atom. The molecule has 2 aromatic rings. The lowest BCUT2D eigenvalue weighted by Gasteiger charge is -2.24. The molecule has 0 heterocycles. The molecule has 4 atom stereocenters. The van der Waals surface area contributed by atoms with Gasteiger partial charge in [-0.1, -0.05) is 56.3 Å². The van der Waals surface area contributed by atoms with Gasteiger partial charge in [-0.2, -0.15) is 0 Å². The van der Waals surface area contributed by atoms with E-state index < -0.39 is 24.2 Å². The predicted molar refractivity (Wildman–Crippen MR) is 126 cm³/mol. The predicted octanol–water partition coefficient (Wildman–Crippen LogP) is 0.847. The smallest absolute Gasteiger partial charge is 0.242 e. The summed E-state index contributed by atoms with van der Waals surface area (Å²) >= 11 is 0. The van der Waals surface area contributed by atoms with Crippen molar-refractivity contribution in [3.05, 3.63) is 65.7 Å². The van der Waals surface area contributed by atoms with Gasteiger partial charge in [0.1, 0.15) is 6.04 Å². The van der Waals surface area contributed by atoms with Crippen LogP contribution in [0.4, 0.5) is 5.69 Å². The molecular weight excluding hydrogens is 406 g/mol. The molecule has 174 valence electrons. The fraction of sp³-hybridized carbons (Fsp3) is 0.417. The molecule has 0 aliphatic carbocycles. The molecule has 0 unspecified atom stereocenters. The number of nitrogens with two attached hydrogens (primary N) is 3. The van der Waals surface area contributed by atoms with E-state index in [9.17, 15) is 14.7 Å². The number of hydrogen-bond acceptors (Lipinski definition) is 6. The van der Waals surface area contributed by atoms with E-state index in [1.54, 1.807) is 24.3 Å². The maximum Gasteiger partial charge on any atom is 0.242 e. The third kappa shape index (κ3) is 7.96. The van der Waals surface area contributed by atoms with Crippen LogP contribution in [0.25, 0.3) is 0 Å². The van der Waals surface area contributed by atoms with Gasteiger partial charge < -0.3 is 32.9 Å². The zero-order valence-electron chi connectivity index (χ0n) is 18.7. The van der Waals surface area contributed by atoms with Crippen molar-refractivity contribution in [3.8, 4) is 0 Å². The molecule has 0 radical (unpaired) electrons. The molecule has 2 amide bonds. The Bertz CT molecular complexity index is 858. The second kappa shape index (κ2) is 12.2. The van der Waals surface area contributed by atoms with Gasteiger partial charge in [-0.3, -0.25) is 9.59 Å². The average Bonchev–Trinajstić information content (AvgIpc) is 2.77. The zero-order valence-corrected chi connectivity index (χ0v) is 18.7. The second-order valence-electron chi connectivity index (χ2n) is 8.51. The number of nitrogen functional groups attached to an aromatic ring is 1. The summed E-state index contributed by atoms with van der Waals surface area (Å²) in [7, 11) is 0. The Morgan fingerprint density at radius 2 is 1.59 bits per heavy atom. The van der Waals surface area contributed by atoms with E-state index in [-0.39, 0.29) is 24.3 Å². The van der Waals surface area contributed by atoms with E-state index >= 15 is 0 Å². The van der Waals surface area contributed by atoms with E-state index in [0.717, 1.165) is 5.56 Å². The van der Waals surface area contributed by atoms with E-state index in [4.69, 9.17) is 17.2 Å². The number of amides is 2. The number of carbonyl (C=O) groups excluding carboxylic acids is 2. The van der Waals surface area contributed by atoms with Gasteiger partial charge in [0, 0.05) is 18.7 Å². The van der Waals surface area contributed by atoms with Crippen molar-refractivity contribution < 1.29 is 14.7 Å². The summed E-state index contributed by atoms with van der Waals surface area (Å²) in [5.41, 5.74) is 19.8. The first-order valence-corrected chi connectivity index (χ1v) is 10.8. The SMILES string of the molecule is CC(C)C[C@H](N)C(=O)N[C@H](Cc1ccccc1)C(=O)NC[C@H](N)[C@@H](O)c1ccc(N)cc1. The fourth-order valence-electron chi connectivity index (χ4n) is 3.35. The lowest BCUT2D eigenvalue weighted by atomic mass is 10.0.